The van der Waals surface area contributed by atoms with Crippen LogP contribution in [-0.4, -0.2) is 52.0 Å². The van der Waals surface area contributed by atoms with E-state index in [0.29, 0.717) is 29.7 Å². The zero-order chi connectivity index (χ0) is 20.3. The summed E-state index contributed by atoms with van der Waals surface area (Å²) in [5, 5.41) is 3.12. The SMILES string of the molecule is COc1ccc(NC(=O)c2cc(S(=O)(=O)N3CCOCC3)ccc2Cl)cc1Cl. The average Bonchev–Trinajstić information content (AvgIpc) is 2.69. The van der Waals surface area contributed by atoms with Crippen molar-refractivity contribution >= 4 is 44.8 Å². The van der Waals surface area contributed by atoms with Gasteiger partial charge in [-0.05, 0) is 36.4 Å². The van der Waals surface area contributed by atoms with Crippen LogP contribution in [0.2, 0.25) is 10.0 Å². The van der Waals surface area contributed by atoms with Gasteiger partial charge in [0.15, 0.2) is 0 Å². The van der Waals surface area contributed by atoms with Gasteiger partial charge in [0.25, 0.3) is 5.91 Å². The molecule has 10 heteroatoms. The van der Waals surface area contributed by atoms with E-state index in [-0.39, 0.29) is 28.6 Å². The number of halogens is 2. The van der Waals surface area contributed by atoms with Crippen molar-refractivity contribution in [2.24, 2.45) is 0 Å². The van der Waals surface area contributed by atoms with Gasteiger partial charge in [-0.2, -0.15) is 4.31 Å². The molecule has 0 aliphatic carbocycles. The molecule has 1 aliphatic rings. The van der Waals surface area contributed by atoms with Crippen LogP contribution in [-0.2, 0) is 14.8 Å². The Kier molecular flexibility index (Phi) is 6.47. The summed E-state index contributed by atoms with van der Waals surface area (Å²) in [6.07, 6.45) is 0. The molecular weight excluding hydrogens is 427 g/mol. The highest BCUT2D eigenvalue weighted by Gasteiger charge is 2.27. The topological polar surface area (TPSA) is 84.9 Å². The summed E-state index contributed by atoms with van der Waals surface area (Å²) in [6, 6.07) is 8.80. The number of methoxy groups -OCH3 is 1. The van der Waals surface area contributed by atoms with Crippen LogP contribution in [0.1, 0.15) is 10.4 Å². The van der Waals surface area contributed by atoms with Gasteiger partial charge < -0.3 is 14.8 Å². The highest BCUT2D eigenvalue weighted by molar-refractivity contribution is 7.89. The lowest BCUT2D eigenvalue weighted by Gasteiger charge is -2.26. The zero-order valence-corrected chi connectivity index (χ0v) is 17.3. The lowest BCUT2D eigenvalue weighted by Crippen LogP contribution is -2.40. The Morgan fingerprint density at radius 3 is 2.46 bits per heavy atom. The number of benzene rings is 2. The van der Waals surface area contributed by atoms with Crippen molar-refractivity contribution < 1.29 is 22.7 Å². The molecule has 0 atom stereocenters. The molecule has 1 saturated heterocycles. The van der Waals surface area contributed by atoms with Crippen molar-refractivity contribution in [3.63, 3.8) is 0 Å². The molecule has 2 aromatic carbocycles. The van der Waals surface area contributed by atoms with Crippen LogP contribution < -0.4 is 10.1 Å². The van der Waals surface area contributed by atoms with Gasteiger partial charge >= 0.3 is 0 Å². The molecule has 0 spiro atoms. The average molecular weight is 445 g/mol. The van der Waals surface area contributed by atoms with Gasteiger partial charge in [-0.15, -0.1) is 0 Å². The Morgan fingerprint density at radius 2 is 1.82 bits per heavy atom. The Morgan fingerprint density at radius 1 is 1.11 bits per heavy atom. The van der Waals surface area contributed by atoms with Crippen LogP contribution >= 0.6 is 23.2 Å². The number of carbonyl (C=O) groups excluding carboxylic acids is 1. The summed E-state index contributed by atoms with van der Waals surface area (Å²) in [5.74, 6) is -0.0819. The first kappa shape index (κ1) is 20.9. The number of morpholine rings is 1. The molecule has 3 rings (SSSR count). The predicted octanol–water partition coefficient (Wildman–Crippen LogP) is 3.28. The van der Waals surface area contributed by atoms with E-state index in [1.54, 1.807) is 12.1 Å². The number of sulfonamides is 1. The normalized spacial score (nSPS) is 15.2. The maximum absolute atomic E-state index is 12.8. The highest BCUT2D eigenvalue weighted by Crippen LogP contribution is 2.28. The number of rotatable bonds is 5. The van der Waals surface area contributed by atoms with Gasteiger partial charge in [-0.25, -0.2) is 8.42 Å². The van der Waals surface area contributed by atoms with Gasteiger partial charge in [-0.3, -0.25) is 4.79 Å². The molecule has 7 nitrogen and oxygen atoms in total. The molecule has 2 aromatic rings. The molecule has 0 radical (unpaired) electrons. The van der Waals surface area contributed by atoms with Crippen molar-refractivity contribution in [2.45, 2.75) is 4.90 Å². The van der Waals surface area contributed by atoms with Crippen molar-refractivity contribution in [1.29, 1.82) is 0 Å². The minimum absolute atomic E-state index is 0.00304. The standard InChI is InChI=1S/C18H18Cl2N2O5S/c1-26-17-5-2-12(10-16(17)20)21-18(23)14-11-13(3-4-15(14)19)28(24,25)22-6-8-27-9-7-22/h2-5,10-11H,6-9H2,1H3,(H,21,23). The first-order valence-corrected chi connectivity index (χ1v) is 10.5. The summed E-state index contributed by atoms with van der Waals surface area (Å²) in [6.45, 7) is 1.18. The van der Waals surface area contributed by atoms with Gasteiger partial charge in [0.1, 0.15) is 5.75 Å². The predicted molar refractivity (Wildman–Crippen MR) is 107 cm³/mol. The lowest BCUT2D eigenvalue weighted by molar-refractivity contribution is 0.0730. The van der Waals surface area contributed by atoms with Gasteiger partial charge in [0.2, 0.25) is 10.0 Å². The van der Waals surface area contributed by atoms with Crippen LogP contribution in [0.3, 0.4) is 0 Å². The number of nitrogens with one attached hydrogen (secondary N) is 1. The monoisotopic (exact) mass is 444 g/mol. The third-order valence-electron chi connectivity index (χ3n) is 4.20. The van der Waals surface area contributed by atoms with Crippen molar-refractivity contribution in [3.8, 4) is 5.75 Å². The van der Waals surface area contributed by atoms with Crippen molar-refractivity contribution in [3.05, 3.63) is 52.0 Å². The maximum Gasteiger partial charge on any atom is 0.257 e. The molecule has 0 unspecified atom stereocenters. The first-order valence-electron chi connectivity index (χ1n) is 8.35. The second-order valence-corrected chi connectivity index (χ2v) is 8.71. The minimum Gasteiger partial charge on any atom is -0.495 e. The van der Waals surface area contributed by atoms with E-state index < -0.39 is 15.9 Å². The number of amides is 1. The summed E-state index contributed by atoms with van der Waals surface area (Å²) < 4.78 is 37.2. The van der Waals surface area contributed by atoms with Crippen LogP contribution in [0.5, 0.6) is 5.75 Å². The quantitative estimate of drug-likeness (QED) is 0.764. The zero-order valence-electron chi connectivity index (χ0n) is 14.9. The lowest BCUT2D eigenvalue weighted by atomic mass is 10.2. The molecule has 1 heterocycles. The van der Waals surface area contributed by atoms with E-state index in [2.05, 4.69) is 5.32 Å². The fourth-order valence-electron chi connectivity index (χ4n) is 2.72. The van der Waals surface area contributed by atoms with Crippen LogP contribution in [0, 0.1) is 0 Å². The molecule has 0 bridgehead atoms. The molecule has 150 valence electrons. The summed E-state index contributed by atoms with van der Waals surface area (Å²) in [7, 11) is -2.26. The van der Waals surface area contributed by atoms with Crippen LogP contribution in [0.25, 0.3) is 0 Å². The van der Waals surface area contributed by atoms with Crippen molar-refractivity contribution in [1.82, 2.24) is 4.31 Å². The van der Waals surface area contributed by atoms with Crippen LogP contribution in [0.4, 0.5) is 5.69 Å². The van der Waals surface area contributed by atoms with E-state index in [4.69, 9.17) is 32.7 Å². The third-order valence-corrected chi connectivity index (χ3v) is 6.72. The van der Waals surface area contributed by atoms with E-state index in [1.165, 1.54) is 35.7 Å². The number of carbonyl (C=O) groups is 1. The number of anilines is 1. The fraction of sp³-hybridized carbons (Fsp3) is 0.278. The van der Waals surface area contributed by atoms with E-state index in [1.807, 2.05) is 0 Å². The molecule has 1 amide bonds. The Labute approximate surface area is 173 Å². The molecular formula is C18H18Cl2N2O5S. The molecule has 1 fully saturated rings. The first-order chi connectivity index (χ1) is 13.3. The van der Waals surface area contributed by atoms with E-state index >= 15 is 0 Å². The Bertz CT molecular complexity index is 991. The molecule has 1 N–H and O–H groups in total. The number of ether oxygens (including phenoxy) is 2. The second kappa shape index (κ2) is 8.67. The molecule has 1 aliphatic heterocycles. The van der Waals surface area contributed by atoms with Crippen molar-refractivity contribution in [2.75, 3.05) is 38.7 Å². The Hall–Kier alpha value is -1.84. The van der Waals surface area contributed by atoms with Gasteiger partial charge in [0.05, 0.1) is 40.8 Å². The molecule has 0 aromatic heterocycles. The summed E-state index contributed by atoms with van der Waals surface area (Å²) in [4.78, 5) is 12.7. The fourth-order valence-corrected chi connectivity index (χ4v) is 4.61. The molecule has 0 saturated carbocycles. The smallest absolute Gasteiger partial charge is 0.257 e. The number of hydrogen-bond acceptors (Lipinski definition) is 5. The maximum atomic E-state index is 12.8. The van der Waals surface area contributed by atoms with Gasteiger partial charge in [-0.1, -0.05) is 23.2 Å². The number of hydrogen-bond donors (Lipinski definition) is 1. The second-order valence-electron chi connectivity index (χ2n) is 5.96. The third kappa shape index (κ3) is 4.42. The van der Waals surface area contributed by atoms with E-state index in [9.17, 15) is 13.2 Å². The summed E-state index contributed by atoms with van der Waals surface area (Å²) in [5.41, 5.74) is 0.469. The Balaban J connectivity index is 1.86. The minimum atomic E-state index is -3.75. The number of nitrogens with zero attached hydrogens (tertiary/aromatic N) is 1. The highest BCUT2D eigenvalue weighted by atomic mass is 35.5. The molecule has 28 heavy (non-hydrogen) atoms. The van der Waals surface area contributed by atoms with Gasteiger partial charge in [0, 0.05) is 18.8 Å². The van der Waals surface area contributed by atoms with Crippen LogP contribution in [0.15, 0.2) is 41.3 Å². The largest absolute Gasteiger partial charge is 0.495 e. The van der Waals surface area contributed by atoms with E-state index in [0.717, 1.165) is 0 Å². The summed E-state index contributed by atoms with van der Waals surface area (Å²) >= 11 is 12.2.